The fourth-order valence-electron chi connectivity index (χ4n) is 24.3. The topological polar surface area (TPSA) is 79.1 Å². The Morgan fingerprint density at radius 2 is 0.445 bits per heavy atom. The van der Waals surface area contributed by atoms with E-state index in [4.69, 9.17) is 19.9 Å². The first-order valence-electron chi connectivity index (χ1n) is 50.1. The number of fused-ring (bicyclic) bond motifs is 32. The van der Waals surface area contributed by atoms with Crippen molar-refractivity contribution in [1.82, 2.24) is 46.7 Å². The van der Waals surface area contributed by atoms with Gasteiger partial charge in [-0.15, -0.1) is 0 Å². The largest absolute Gasteiger partial charge is 0.309 e. The summed E-state index contributed by atoms with van der Waals surface area (Å²) in [4.78, 5) is 19.9. The van der Waals surface area contributed by atoms with Gasteiger partial charge >= 0.3 is 0 Å². The van der Waals surface area contributed by atoms with E-state index in [2.05, 4.69) is 539 Å². The lowest BCUT2D eigenvalue weighted by Crippen LogP contribution is -2.28. The van der Waals surface area contributed by atoms with Crippen LogP contribution in [-0.4, -0.2) is 46.7 Å². The third kappa shape index (κ3) is 12.9. The van der Waals surface area contributed by atoms with Crippen molar-refractivity contribution >= 4 is 153 Å². The van der Waals surface area contributed by atoms with Crippen LogP contribution in [0.15, 0.2) is 510 Å². The highest BCUT2D eigenvalue weighted by molar-refractivity contribution is 6.16. The van der Waals surface area contributed by atoms with Gasteiger partial charge in [0.2, 0.25) is 0 Å². The second-order valence-corrected chi connectivity index (χ2v) is 39.1. The molecule has 10 heteroatoms. The number of imidazole rings is 4. The number of aromatic nitrogens is 10. The molecule has 10 aromatic heterocycles. The van der Waals surface area contributed by atoms with Gasteiger partial charge in [0.15, 0.2) is 0 Å². The Hall–Kier alpha value is -19.2. The molecule has 0 saturated carbocycles. The minimum atomic E-state index is -0.425. The van der Waals surface area contributed by atoms with Crippen LogP contribution in [0.1, 0.15) is 47.2 Å². The molecule has 0 atom stereocenters. The molecule has 2 aliphatic rings. The molecule has 2 aliphatic carbocycles. The van der Waals surface area contributed by atoms with Gasteiger partial charge in [-0.25, -0.2) is 19.9 Å². The van der Waals surface area contributed by atoms with Crippen molar-refractivity contribution in [3.8, 4) is 78.1 Å². The Morgan fingerprint density at radius 1 is 0.171 bits per heavy atom. The van der Waals surface area contributed by atoms with Crippen molar-refractivity contribution in [2.24, 2.45) is 0 Å². The maximum atomic E-state index is 5.03. The average molecular weight is 1860 g/mol. The van der Waals surface area contributed by atoms with E-state index in [0.717, 1.165) is 82.9 Å². The molecule has 20 aromatic carbocycles. The molecule has 0 spiro atoms. The van der Waals surface area contributed by atoms with Crippen molar-refractivity contribution in [2.75, 3.05) is 0 Å². The number of hydrogen-bond donors (Lipinski definition) is 0. The zero-order chi connectivity index (χ0) is 96.4. The Bertz CT molecular complexity index is 10500. The van der Waals surface area contributed by atoms with Gasteiger partial charge in [-0.05, 0) is 215 Å². The first kappa shape index (κ1) is 83.8. The van der Waals surface area contributed by atoms with E-state index in [0.29, 0.717) is 0 Å². The monoisotopic (exact) mass is 1860 g/mol. The molecular formula is C136H90N10. The van der Waals surface area contributed by atoms with Crippen LogP contribution >= 0.6 is 0 Å². The van der Waals surface area contributed by atoms with Crippen molar-refractivity contribution in [1.29, 1.82) is 0 Å². The maximum absolute atomic E-state index is 5.03. The van der Waals surface area contributed by atoms with Gasteiger partial charge in [0, 0.05) is 107 Å². The number of hydrogen-bond acceptors (Lipinski definition) is 4. The van der Waals surface area contributed by atoms with Gasteiger partial charge < -0.3 is 9.13 Å². The molecule has 0 bridgehead atoms. The van der Waals surface area contributed by atoms with Crippen molar-refractivity contribution in [3.05, 3.63) is 543 Å². The number of rotatable bonds is 8. The fraction of sp³-hybridized carbons (Fsp3) is 0.0294. The van der Waals surface area contributed by atoms with E-state index in [1.807, 2.05) is 12.1 Å². The van der Waals surface area contributed by atoms with Crippen LogP contribution in [0, 0.1) is 0 Å². The third-order valence-electron chi connectivity index (χ3n) is 30.9. The van der Waals surface area contributed by atoms with Crippen LogP contribution in [0.2, 0.25) is 0 Å². The normalized spacial score (nSPS) is 12.8. The molecule has 0 radical (unpaired) electrons. The van der Waals surface area contributed by atoms with E-state index in [1.165, 1.54) is 182 Å². The molecule has 30 aromatic rings. The van der Waals surface area contributed by atoms with Crippen molar-refractivity contribution in [2.45, 2.75) is 24.7 Å². The molecule has 0 amide bonds. The smallest absolute Gasteiger partial charge is 0.145 e. The number of pyridine rings is 4. The summed E-state index contributed by atoms with van der Waals surface area (Å²) in [5.41, 5.74) is 42.4. The number of nitrogens with zero attached hydrogens (tertiary/aromatic N) is 10. The minimum Gasteiger partial charge on any atom is -0.309 e. The summed E-state index contributed by atoms with van der Waals surface area (Å²) in [6, 6.07) is 174. The second kappa shape index (κ2) is 33.3. The minimum absolute atomic E-state index is 0.0104. The summed E-state index contributed by atoms with van der Waals surface area (Å²) >= 11 is 0. The molecule has 0 N–H and O–H groups in total. The highest BCUT2D eigenvalue weighted by atomic mass is 15.0. The van der Waals surface area contributed by atoms with Crippen LogP contribution in [-0.2, 0) is 10.8 Å². The molecule has 0 aliphatic heterocycles. The van der Waals surface area contributed by atoms with E-state index in [1.54, 1.807) is 0 Å². The molecule has 684 valence electrons. The maximum Gasteiger partial charge on any atom is 0.145 e. The van der Waals surface area contributed by atoms with E-state index >= 15 is 0 Å². The molecule has 0 fully saturated rings. The van der Waals surface area contributed by atoms with Gasteiger partial charge in [-0.3, -0.25) is 17.6 Å². The summed E-state index contributed by atoms with van der Waals surface area (Å²) in [5, 5.41) is 14.6. The van der Waals surface area contributed by atoms with Gasteiger partial charge in [-0.2, -0.15) is 0 Å². The predicted molar refractivity (Wildman–Crippen MR) is 606 cm³/mol. The molecular weight excluding hydrogens is 1770 g/mol. The summed E-state index contributed by atoms with van der Waals surface area (Å²) in [6.45, 7) is 4.68. The molecule has 146 heavy (non-hydrogen) atoms. The predicted octanol–water partition coefficient (Wildman–Crippen LogP) is 34.1. The molecule has 0 saturated heterocycles. The van der Waals surface area contributed by atoms with Gasteiger partial charge in [0.05, 0.1) is 71.6 Å². The van der Waals surface area contributed by atoms with Crippen LogP contribution < -0.4 is 0 Å². The quantitative estimate of drug-likeness (QED) is 0.152. The van der Waals surface area contributed by atoms with Crippen molar-refractivity contribution in [3.63, 3.8) is 0 Å². The van der Waals surface area contributed by atoms with Gasteiger partial charge in [-0.1, -0.05) is 384 Å². The van der Waals surface area contributed by atoms with Crippen LogP contribution in [0.25, 0.3) is 232 Å². The summed E-state index contributed by atoms with van der Waals surface area (Å²) in [6.07, 6.45) is 9.06. The first-order valence-corrected chi connectivity index (χ1v) is 50.1. The Kier molecular flexibility index (Phi) is 19.1. The zero-order valence-electron chi connectivity index (χ0n) is 80.0. The van der Waals surface area contributed by atoms with Crippen LogP contribution in [0.4, 0.5) is 0 Å². The second-order valence-electron chi connectivity index (χ2n) is 39.1. The van der Waals surface area contributed by atoms with Crippen LogP contribution in [0.5, 0.6) is 0 Å². The highest BCUT2D eigenvalue weighted by Gasteiger charge is 2.46. The summed E-state index contributed by atoms with van der Waals surface area (Å²) in [5.74, 6) is 0. The molecule has 10 heterocycles. The lowest BCUT2D eigenvalue weighted by atomic mass is 9.67. The Morgan fingerprint density at radius 3 is 0.870 bits per heavy atom. The SMILES string of the molecule is CC1(C)c2ccccc2-c2ccc(-c3cn4c5ccccc5nc4c4ccccc34)cc21.c1ccc(-n2c3ccccc3c3cc(-c4cn5c6ccccc6nc5c5ccccc45)ccc32)cc1.c1ccc(-n2c3ccccc3c3ccc(-c4cn5c6ccccc6nc5c5ccccc45)cc32)cc1.c1ccc(C2(c3ccccc3)c3ccccc3-c3ccc(-c4cn5c6ccccc6nc5c5ccccc45)cc32)cc1. The van der Waals surface area contributed by atoms with Gasteiger partial charge in [0.1, 0.15) is 22.6 Å². The van der Waals surface area contributed by atoms with E-state index < -0.39 is 5.41 Å². The zero-order valence-corrected chi connectivity index (χ0v) is 80.0. The lowest BCUT2D eigenvalue weighted by Gasteiger charge is -2.34. The Balaban J connectivity index is 0.0000000926. The molecule has 32 rings (SSSR count). The van der Waals surface area contributed by atoms with E-state index in [9.17, 15) is 0 Å². The summed E-state index contributed by atoms with van der Waals surface area (Å²) in [7, 11) is 0. The average Bonchev–Trinajstić information content (AvgIpc) is 1.53. The number of benzene rings is 20. The molecule has 10 nitrogen and oxygen atoms in total. The molecule has 0 unspecified atom stereocenters. The van der Waals surface area contributed by atoms with Gasteiger partial charge in [0.25, 0.3) is 0 Å². The lowest BCUT2D eigenvalue weighted by molar-refractivity contribution is 0.660. The fourth-order valence-corrected chi connectivity index (χ4v) is 24.3. The third-order valence-corrected chi connectivity index (χ3v) is 30.9. The van der Waals surface area contributed by atoms with E-state index in [-0.39, 0.29) is 5.41 Å². The summed E-state index contributed by atoms with van der Waals surface area (Å²) < 4.78 is 13.7. The van der Waals surface area contributed by atoms with Crippen molar-refractivity contribution < 1.29 is 0 Å². The highest BCUT2D eigenvalue weighted by Crippen LogP contribution is 2.58. The van der Waals surface area contributed by atoms with Crippen LogP contribution in [0.3, 0.4) is 0 Å². The standard InChI is InChI=1S/C40H26N2.2C33H21N3.C30H22N2/c1-3-13-28(14-4-1)40(29-15-5-2-6-16-29)35-20-10-9-18-31(35)32-24-23-27(25-36(32)40)34-26-42-38-22-12-11-21-37(38)41-39(42)33-19-8-7-17-30(33)34;1-2-10-23(11-3-1)36-30-16-8-6-13-25(30)26-19-18-22(20-32(26)36)28-21-35-31-17-9-7-15-29(31)34-33(35)27-14-5-4-12-24(27)28;1-2-10-23(11-3-1)36-30-16-8-6-13-25(30)27-20-22(18-19-31(27)36)28-21-35-32-17-9-7-15-29(32)34-33(35)26-14-5-4-12-24(26)28;1-30(2)25-12-6-5-10-21(25)22-16-15-19(17-26(22)30)24-18-32-28-14-8-7-13-27(28)31-29(32)23-11-4-3-9-20(23)24/h1-26H;2*1-21H;3-18H,1-2H3. The first-order chi connectivity index (χ1) is 72.2. The Labute approximate surface area is 840 Å². The number of para-hydroxylation sites is 12.